The molecule has 0 fully saturated rings. The van der Waals surface area contributed by atoms with E-state index in [2.05, 4.69) is 13.5 Å². The zero-order valence-corrected chi connectivity index (χ0v) is 10.2. The average molecular weight is 188 g/mol. The highest BCUT2D eigenvalue weighted by atomic mass is 28.2. The summed E-state index contributed by atoms with van der Waals surface area (Å²) in [5.41, 5.74) is 0. The topological polar surface area (TPSA) is 18.5 Å². The van der Waals surface area contributed by atoms with Crippen LogP contribution in [0.15, 0.2) is 12.7 Å². The fourth-order valence-electron chi connectivity index (χ4n) is 0.992. The van der Waals surface area contributed by atoms with E-state index in [1.165, 1.54) is 0 Å². The van der Waals surface area contributed by atoms with Crippen LogP contribution in [0.5, 0.6) is 0 Å². The molecule has 0 saturated carbocycles. The van der Waals surface area contributed by atoms with Crippen molar-refractivity contribution in [2.75, 3.05) is 13.2 Å². The minimum atomic E-state index is 0.358. The normalized spacial score (nSPS) is 13.1. The van der Waals surface area contributed by atoms with Crippen molar-refractivity contribution in [1.29, 1.82) is 0 Å². The minimum absolute atomic E-state index is 0.358. The molecule has 1 atom stereocenters. The van der Waals surface area contributed by atoms with Crippen LogP contribution in [0.2, 0.25) is 0 Å². The zero-order chi connectivity index (χ0) is 9.23. The molecule has 0 spiro atoms. The Morgan fingerprint density at radius 3 is 2.75 bits per heavy atom. The second-order valence-electron chi connectivity index (χ2n) is 2.77. The molecule has 0 bridgehead atoms. The van der Waals surface area contributed by atoms with Crippen LogP contribution in [0.25, 0.3) is 0 Å². The van der Waals surface area contributed by atoms with Gasteiger partial charge in [0, 0.05) is 13.2 Å². The van der Waals surface area contributed by atoms with Gasteiger partial charge in [-0.05, 0) is 19.3 Å². The fraction of sp³-hybridized carbons (Fsp3) is 0.778. The standard InChI is InChI=1S/C9H20O2Si/c1-3-6-9(4-2)10-7-5-8-11-12/h3,9H,1,4-8H2,2,12H3. The van der Waals surface area contributed by atoms with Crippen LogP contribution in [0.3, 0.4) is 0 Å². The van der Waals surface area contributed by atoms with Crippen LogP contribution in [-0.2, 0) is 9.16 Å². The van der Waals surface area contributed by atoms with Crippen LogP contribution >= 0.6 is 0 Å². The molecule has 0 radical (unpaired) electrons. The summed E-state index contributed by atoms with van der Waals surface area (Å²) in [5.74, 6) is 0. The average Bonchev–Trinajstić information content (AvgIpc) is 2.10. The van der Waals surface area contributed by atoms with E-state index in [0.29, 0.717) is 6.10 Å². The molecule has 0 amide bonds. The van der Waals surface area contributed by atoms with Gasteiger partial charge in [0.2, 0.25) is 0 Å². The molecule has 2 nitrogen and oxygen atoms in total. The van der Waals surface area contributed by atoms with Crippen molar-refractivity contribution in [1.82, 2.24) is 0 Å². The van der Waals surface area contributed by atoms with E-state index in [1.54, 1.807) is 0 Å². The molecule has 0 rings (SSSR count). The fourth-order valence-corrected chi connectivity index (χ4v) is 1.28. The molecular formula is C9H20O2Si. The van der Waals surface area contributed by atoms with E-state index in [4.69, 9.17) is 9.16 Å². The second kappa shape index (κ2) is 8.97. The first-order chi connectivity index (χ1) is 5.85. The Bertz CT molecular complexity index is 107. The highest BCUT2D eigenvalue weighted by Gasteiger charge is 2.02. The molecule has 0 aromatic heterocycles. The third-order valence-electron chi connectivity index (χ3n) is 1.73. The highest BCUT2D eigenvalue weighted by Crippen LogP contribution is 2.04. The first-order valence-electron chi connectivity index (χ1n) is 4.56. The lowest BCUT2D eigenvalue weighted by molar-refractivity contribution is 0.0459. The van der Waals surface area contributed by atoms with Crippen molar-refractivity contribution < 1.29 is 9.16 Å². The first-order valence-corrected chi connectivity index (χ1v) is 5.38. The molecule has 0 aromatic carbocycles. The number of ether oxygens (including phenoxy) is 1. The van der Waals surface area contributed by atoms with Gasteiger partial charge in [-0.2, -0.15) is 0 Å². The van der Waals surface area contributed by atoms with Crippen molar-refractivity contribution >= 4 is 10.5 Å². The predicted octanol–water partition coefficient (Wildman–Crippen LogP) is 1.04. The van der Waals surface area contributed by atoms with Crippen molar-refractivity contribution in [3.8, 4) is 0 Å². The van der Waals surface area contributed by atoms with Crippen molar-refractivity contribution in [3.05, 3.63) is 12.7 Å². The summed E-state index contributed by atoms with van der Waals surface area (Å²) in [7, 11) is 0.833. The van der Waals surface area contributed by atoms with E-state index in [1.807, 2.05) is 6.08 Å². The van der Waals surface area contributed by atoms with Gasteiger partial charge in [0.05, 0.1) is 6.10 Å². The number of hydrogen-bond donors (Lipinski definition) is 0. The summed E-state index contributed by atoms with van der Waals surface area (Å²) in [6.07, 6.45) is 5.30. The monoisotopic (exact) mass is 188 g/mol. The molecule has 3 heteroatoms. The van der Waals surface area contributed by atoms with Crippen LogP contribution < -0.4 is 0 Å². The molecular weight excluding hydrogens is 168 g/mol. The summed E-state index contributed by atoms with van der Waals surface area (Å²) in [5, 5.41) is 0. The van der Waals surface area contributed by atoms with Crippen molar-refractivity contribution in [2.45, 2.75) is 32.3 Å². The Labute approximate surface area is 78.5 Å². The first kappa shape index (κ1) is 11.9. The quantitative estimate of drug-likeness (QED) is 0.322. The third-order valence-corrected chi connectivity index (χ3v) is 2.14. The van der Waals surface area contributed by atoms with Gasteiger partial charge >= 0.3 is 0 Å². The largest absolute Gasteiger partial charge is 0.428 e. The van der Waals surface area contributed by atoms with E-state index >= 15 is 0 Å². The smallest absolute Gasteiger partial charge is 0.145 e. The summed E-state index contributed by atoms with van der Waals surface area (Å²) in [4.78, 5) is 0. The lowest BCUT2D eigenvalue weighted by atomic mass is 10.2. The summed E-state index contributed by atoms with van der Waals surface area (Å²) < 4.78 is 10.7. The van der Waals surface area contributed by atoms with E-state index < -0.39 is 0 Å². The van der Waals surface area contributed by atoms with Gasteiger partial charge < -0.3 is 9.16 Å². The number of hydrogen-bond acceptors (Lipinski definition) is 2. The SMILES string of the molecule is C=CCC(CC)OCCCO[SiH3]. The van der Waals surface area contributed by atoms with Gasteiger partial charge in [0.25, 0.3) is 0 Å². The molecule has 72 valence electrons. The second-order valence-corrected chi connectivity index (χ2v) is 3.35. The molecule has 1 unspecified atom stereocenters. The van der Waals surface area contributed by atoms with Gasteiger partial charge in [-0.15, -0.1) is 6.58 Å². The lowest BCUT2D eigenvalue weighted by Gasteiger charge is -2.13. The molecule has 0 aliphatic rings. The predicted molar refractivity (Wildman–Crippen MR) is 55.4 cm³/mol. The molecule has 0 saturated heterocycles. The summed E-state index contributed by atoms with van der Waals surface area (Å²) >= 11 is 0. The molecule has 0 heterocycles. The van der Waals surface area contributed by atoms with E-state index in [9.17, 15) is 0 Å². The van der Waals surface area contributed by atoms with Crippen molar-refractivity contribution in [3.63, 3.8) is 0 Å². The lowest BCUT2D eigenvalue weighted by Crippen LogP contribution is -2.12. The Hall–Kier alpha value is -0.123. The Kier molecular flexibility index (Phi) is 8.88. The zero-order valence-electron chi connectivity index (χ0n) is 8.21. The maximum absolute atomic E-state index is 5.60. The Morgan fingerprint density at radius 2 is 2.25 bits per heavy atom. The van der Waals surface area contributed by atoms with Crippen LogP contribution in [-0.4, -0.2) is 29.8 Å². The maximum Gasteiger partial charge on any atom is 0.145 e. The van der Waals surface area contributed by atoms with Crippen LogP contribution in [0.4, 0.5) is 0 Å². The molecule has 0 aliphatic heterocycles. The van der Waals surface area contributed by atoms with Gasteiger partial charge in [-0.1, -0.05) is 13.0 Å². The van der Waals surface area contributed by atoms with Crippen LogP contribution in [0, 0.1) is 0 Å². The molecule has 0 N–H and O–H groups in total. The highest BCUT2D eigenvalue weighted by molar-refractivity contribution is 5.97. The van der Waals surface area contributed by atoms with Gasteiger partial charge in [-0.3, -0.25) is 0 Å². The summed E-state index contributed by atoms with van der Waals surface area (Å²) in [6, 6.07) is 0. The van der Waals surface area contributed by atoms with Gasteiger partial charge in [0.15, 0.2) is 0 Å². The third kappa shape index (κ3) is 6.58. The van der Waals surface area contributed by atoms with Crippen molar-refractivity contribution in [2.24, 2.45) is 0 Å². The van der Waals surface area contributed by atoms with E-state index in [-0.39, 0.29) is 0 Å². The van der Waals surface area contributed by atoms with Gasteiger partial charge in [-0.25, -0.2) is 0 Å². The number of rotatable bonds is 8. The maximum atomic E-state index is 5.60. The Morgan fingerprint density at radius 1 is 1.50 bits per heavy atom. The van der Waals surface area contributed by atoms with E-state index in [0.717, 1.165) is 43.0 Å². The molecule has 0 aliphatic carbocycles. The Balaban J connectivity index is 3.25. The summed E-state index contributed by atoms with van der Waals surface area (Å²) in [6.45, 7) is 7.49. The molecule has 0 aromatic rings. The molecule has 12 heavy (non-hydrogen) atoms. The van der Waals surface area contributed by atoms with Crippen LogP contribution in [0.1, 0.15) is 26.2 Å². The minimum Gasteiger partial charge on any atom is -0.428 e. The van der Waals surface area contributed by atoms with Gasteiger partial charge in [0.1, 0.15) is 10.5 Å².